The maximum Gasteiger partial charge on any atom is 0.266 e. The van der Waals surface area contributed by atoms with Gasteiger partial charge < -0.3 is 19.9 Å². The van der Waals surface area contributed by atoms with E-state index in [1.165, 1.54) is 11.3 Å². The van der Waals surface area contributed by atoms with Crippen molar-refractivity contribution in [2.75, 3.05) is 50.6 Å². The molecule has 0 spiro atoms. The molecule has 9 heteroatoms. The van der Waals surface area contributed by atoms with Gasteiger partial charge in [0, 0.05) is 31.2 Å². The van der Waals surface area contributed by atoms with E-state index in [0.717, 1.165) is 47.8 Å². The molecule has 1 amide bonds. The highest BCUT2D eigenvalue weighted by Gasteiger charge is 2.25. The number of aromatic nitrogens is 2. The van der Waals surface area contributed by atoms with Crippen molar-refractivity contribution >= 4 is 50.6 Å². The number of hydrogen-bond donors (Lipinski definition) is 1. The molecule has 1 N–H and O–H groups in total. The number of benzene rings is 1. The molecule has 1 aliphatic rings. The molecule has 3 heterocycles. The summed E-state index contributed by atoms with van der Waals surface area (Å²) in [6.07, 6.45) is 0. The van der Waals surface area contributed by atoms with E-state index in [2.05, 4.69) is 27.1 Å². The average molecular weight is 446 g/mol. The highest BCUT2D eigenvalue weighted by Crippen LogP contribution is 2.37. The number of piperazine rings is 1. The number of anilines is 2. The predicted octanol–water partition coefficient (Wildman–Crippen LogP) is 3.97. The van der Waals surface area contributed by atoms with E-state index in [9.17, 15) is 4.79 Å². The number of carbonyl (C=O) groups excluding carboxylic acids is 1. The minimum Gasteiger partial charge on any atom is -0.495 e. The van der Waals surface area contributed by atoms with Crippen molar-refractivity contribution < 1.29 is 9.53 Å². The van der Waals surface area contributed by atoms with Gasteiger partial charge in [0.15, 0.2) is 0 Å². The molecule has 4 rings (SSSR count). The van der Waals surface area contributed by atoms with Crippen molar-refractivity contribution in [3.05, 3.63) is 39.5 Å². The van der Waals surface area contributed by atoms with E-state index in [-0.39, 0.29) is 5.91 Å². The summed E-state index contributed by atoms with van der Waals surface area (Å²) >= 11 is 7.49. The first kappa shape index (κ1) is 20.8. The maximum absolute atomic E-state index is 13.1. The second-order valence-electron chi connectivity index (χ2n) is 7.42. The Morgan fingerprint density at radius 3 is 2.63 bits per heavy atom. The number of fused-ring (bicyclic) bond motifs is 1. The second-order valence-corrected chi connectivity index (χ2v) is 8.86. The molecule has 0 saturated carbocycles. The third kappa shape index (κ3) is 3.95. The molecule has 1 fully saturated rings. The quantitative estimate of drug-likeness (QED) is 0.655. The fourth-order valence-corrected chi connectivity index (χ4v) is 4.93. The normalized spacial score (nSPS) is 14.9. The SMILES string of the molecule is COc1ccc(Cl)cc1NC(=O)c1sc2nc(C)nc(N3CCN(C)CC3)c2c1C. The van der Waals surface area contributed by atoms with Crippen LogP contribution < -0.4 is 15.0 Å². The summed E-state index contributed by atoms with van der Waals surface area (Å²) in [5, 5.41) is 4.42. The van der Waals surface area contributed by atoms with Crippen molar-refractivity contribution in [3.63, 3.8) is 0 Å². The number of rotatable bonds is 4. The smallest absolute Gasteiger partial charge is 0.266 e. The number of ether oxygens (including phenoxy) is 1. The van der Waals surface area contributed by atoms with Gasteiger partial charge in [-0.25, -0.2) is 9.97 Å². The van der Waals surface area contributed by atoms with Gasteiger partial charge in [-0.15, -0.1) is 11.3 Å². The van der Waals surface area contributed by atoms with Gasteiger partial charge in [-0.1, -0.05) is 11.6 Å². The Labute approximate surface area is 184 Å². The zero-order chi connectivity index (χ0) is 21.4. The van der Waals surface area contributed by atoms with Gasteiger partial charge in [-0.2, -0.15) is 0 Å². The number of likely N-dealkylation sites (N-methyl/N-ethyl adjacent to an activating group) is 1. The first-order valence-electron chi connectivity index (χ1n) is 9.73. The van der Waals surface area contributed by atoms with Gasteiger partial charge in [0.1, 0.15) is 22.2 Å². The van der Waals surface area contributed by atoms with E-state index >= 15 is 0 Å². The number of methoxy groups -OCH3 is 1. The molecule has 1 aliphatic heterocycles. The van der Waals surface area contributed by atoms with E-state index in [1.807, 2.05) is 13.8 Å². The third-order valence-corrected chi connectivity index (χ3v) is 6.72. The Morgan fingerprint density at radius 1 is 1.20 bits per heavy atom. The summed E-state index contributed by atoms with van der Waals surface area (Å²) < 4.78 is 5.35. The van der Waals surface area contributed by atoms with Crippen LogP contribution in [0.1, 0.15) is 21.1 Å². The second kappa shape index (κ2) is 8.37. The van der Waals surface area contributed by atoms with E-state index in [1.54, 1.807) is 25.3 Å². The Morgan fingerprint density at radius 2 is 1.93 bits per heavy atom. The molecule has 0 radical (unpaired) electrons. The van der Waals surface area contributed by atoms with Crippen LogP contribution in [0.15, 0.2) is 18.2 Å². The average Bonchev–Trinajstić information content (AvgIpc) is 3.04. The van der Waals surface area contributed by atoms with E-state index < -0.39 is 0 Å². The first-order valence-corrected chi connectivity index (χ1v) is 10.9. The summed E-state index contributed by atoms with van der Waals surface area (Å²) in [4.78, 5) is 28.5. The summed E-state index contributed by atoms with van der Waals surface area (Å²) in [6, 6.07) is 5.14. The van der Waals surface area contributed by atoms with Crippen molar-refractivity contribution in [2.24, 2.45) is 0 Å². The first-order chi connectivity index (χ1) is 14.4. The molecule has 0 atom stereocenters. The summed E-state index contributed by atoms with van der Waals surface area (Å²) in [5.74, 6) is 1.97. The van der Waals surface area contributed by atoms with Gasteiger partial charge in [0.2, 0.25) is 0 Å². The zero-order valence-corrected chi connectivity index (χ0v) is 19.0. The highest BCUT2D eigenvalue weighted by molar-refractivity contribution is 7.20. The predicted molar refractivity (Wildman–Crippen MR) is 123 cm³/mol. The number of amides is 1. The van der Waals surface area contributed by atoms with Crippen LogP contribution in [-0.4, -0.2) is 61.1 Å². The Kier molecular flexibility index (Phi) is 5.81. The minimum atomic E-state index is -0.210. The molecule has 3 aromatic rings. The van der Waals surface area contributed by atoms with Crippen LogP contribution in [0.25, 0.3) is 10.2 Å². The third-order valence-electron chi connectivity index (χ3n) is 5.30. The molecule has 1 aromatic carbocycles. The lowest BCUT2D eigenvalue weighted by Crippen LogP contribution is -2.45. The Balaban J connectivity index is 1.72. The van der Waals surface area contributed by atoms with Crippen LogP contribution in [0, 0.1) is 13.8 Å². The lowest BCUT2D eigenvalue weighted by molar-refractivity contribution is 0.102. The number of thiophene rings is 1. The largest absolute Gasteiger partial charge is 0.495 e. The van der Waals surface area contributed by atoms with Crippen LogP contribution >= 0.6 is 22.9 Å². The van der Waals surface area contributed by atoms with Crippen LogP contribution in [0.4, 0.5) is 11.5 Å². The number of carbonyl (C=O) groups is 1. The summed E-state index contributed by atoms with van der Waals surface area (Å²) in [5.41, 5.74) is 1.43. The van der Waals surface area contributed by atoms with Crippen LogP contribution in [0.3, 0.4) is 0 Å². The molecule has 7 nitrogen and oxygen atoms in total. The molecule has 2 aromatic heterocycles. The van der Waals surface area contributed by atoms with Gasteiger partial charge >= 0.3 is 0 Å². The standard InChI is InChI=1S/C21H24ClN5O2S/c1-12-17-19(27-9-7-26(3)8-10-27)23-13(2)24-21(17)30-18(12)20(28)25-15-11-14(22)5-6-16(15)29-4/h5-6,11H,7-10H2,1-4H3,(H,25,28). The monoisotopic (exact) mass is 445 g/mol. The Bertz CT molecular complexity index is 1110. The molecule has 0 aliphatic carbocycles. The van der Waals surface area contributed by atoms with Crippen molar-refractivity contribution in [1.29, 1.82) is 0 Å². The van der Waals surface area contributed by atoms with E-state index in [0.29, 0.717) is 27.2 Å². The molecule has 30 heavy (non-hydrogen) atoms. The van der Waals surface area contributed by atoms with E-state index in [4.69, 9.17) is 21.3 Å². The van der Waals surface area contributed by atoms with Crippen LogP contribution in [0.2, 0.25) is 5.02 Å². The fourth-order valence-electron chi connectivity index (χ4n) is 3.64. The summed E-state index contributed by atoms with van der Waals surface area (Å²) in [7, 11) is 3.69. The van der Waals surface area contributed by atoms with Crippen molar-refractivity contribution in [1.82, 2.24) is 14.9 Å². The zero-order valence-electron chi connectivity index (χ0n) is 17.5. The topological polar surface area (TPSA) is 70.6 Å². The molecule has 0 unspecified atom stereocenters. The lowest BCUT2D eigenvalue weighted by atomic mass is 10.1. The van der Waals surface area contributed by atoms with Gasteiger partial charge in [-0.05, 0) is 44.7 Å². The van der Waals surface area contributed by atoms with Crippen molar-refractivity contribution in [2.45, 2.75) is 13.8 Å². The fraction of sp³-hybridized carbons (Fsp3) is 0.381. The number of hydrogen-bond acceptors (Lipinski definition) is 7. The number of nitrogens with one attached hydrogen (secondary N) is 1. The molecular weight excluding hydrogens is 422 g/mol. The van der Waals surface area contributed by atoms with Gasteiger partial charge in [0.05, 0.1) is 23.1 Å². The van der Waals surface area contributed by atoms with Gasteiger partial charge in [0.25, 0.3) is 5.91 Å². The maximum atomic E-state index is 13.1. The number of halogens is 1. The van der Waals surface area contributed by atoms with Crippen LogP contribution in [0.5, 0.6) is 5.75 Å². The number of nitrogens with zero attached hydrogens (tertiary/aromatic N) is 4. The minimum absolute atomic E-state index is 0.210. The number of aryl methyl sites for hydroxylation is 2. The molecule has 158 valence electrons. The lowest BCUT2D eigenvalue weighted by Gasteiger charge is -2.33. The van der Waals surface area contributed by atoms with Crippen molar-refractivity contribution in [3.8, 4) is 5.75 Å². The van der Waals surface area contributed by atoms with Gasteiger partial charge in [-0.3, -0.25) is 4.79 Å². The molecule has 0 bridgehead atoms. The summed E-state index contributed by atoms with van der Waals surface area (Å²) in [6.45, 7) is 7.62. The molecular formula is C21H24ClN5O2S. The highest BCUT2D eigenvalue weighted by atomic mass is 35.5. The Hall–Kier alpha value is -2.42. The molecule has 1 saturated heterocycles. The van der Waals surface area contributed by atoms with Crippen LogP contribution in [-0.2, 0) is 0 Å².